The van der Waals surface area contributed by atoms with E-state index in [0.717, 1.165) is 44.9 Å². The zero-order valence-corrected chi connectivity index (χ0v) is 22.4. The van der Waals surface area contributed by atoms with E-state index in [1.807, 2.05) is 6.08 Å². The van der Waals surface area contributed by atoms with Crippen LogP contribution in [-0.4, -0.2) is 65.5 Å². The van der Waals surface area contributed by atoms with Crippen molar-refractivity contribution in [2.75, 3.05) is 13.7 Å². The molecule has 0 spiro atoms. The van der Waals surface area contributed by atoms with Crippen molar-refractivity contribution < 1.29 is 33.8 Å². The van der Waals surface area contributed by atoms with Gasteiger partial charge >= 0.3 is 11.9 Å². The smallest absolute Gasteiger partial charge is 0.328 e. The molecule has 1 aliphatic heterocycles. The molecule has 0 aromatic rings. The largest absolute Gasteiger partial charge is 0.467 e. The van der Waals surface area contributed by atoms with Gasteiger partial charge in [-0.3, -0.25) is 14.4 Å². The molecule has 3 saturated carbocycles. The molecule has 204 valence electrons. The molecule has 5 rings (SSSR count). The first-order valence-electron chi connectivity index (χ1n) is 14.1. The highest BCUT2D eigenvalue weighted by Gasteiger charge is 2.60. The third-order valence-corrected chi connectivity index (χ3v) is 10.8. The lowest BCUT2D eigenvalue weighted by Crippen LogP contribution is -2.51. The number of aliphatic hydroxyl groups is 1. The van der Waals surface area contributed by atoms with Crippen LogP contribution < -0.4 is 0 Å². The number of rotatable bonds is 5. The molecule has 6 unspecified atom stereocenters. The van der Waals surface area contributed by atoms with Gasteiger partial charge in [0.2, 0.25) is 5.91 Å². The van der Waals surface area contributed by atoms with Crippen LogP contribution in [0.15, 0.2) is 11.6 Å². The van der Waals surface area contributed by atoms with Crippen LogP contribution in [0.5, 0.6) is 0 Å². The predicted molar refractivity (Wildman–Crippen MR) is 134 cm³/mol. The molecule has 8 nitrogen and oxygen atoms in total. The van der Waals surface area contributed by atoms with Crippen LogP contribution in [0, 0.1) is 28.6 Å². The Bertz CT molecular complexity index is 1010. The Hall–Kier alpha value is -2.22. The zero-order valence-electron chi connectivity index (χ0n) is 22.4. The maximum atomic E-state index is 12.8. The van der Waals surface area contributed by atoms with Crippen molar-refractivity contribution in [3.63, 3.8) is 0 Å². The number of aliphatic hydroxyl groups excluding tert-OH is 1. The van der Waals surface area contributed by atoms with E-state index in [4.69, 9.17) is 9.47 Å². The molecule has 0 aromatic heterocycles. The highest BCUT2D eigenvalue weighted by molar-refractivity contribution is 5.91. The third-order valence-electron chi connectivity index (χ3n) is 10.8. The lowest BCUT2D eigenvalue weighted by atomic mass is 9.47. The monoisotopic (exact) mass is 515 g/mol. The number of ketones is 1. The molecule has 1 saturated heterocycles. The molecule has 4 aliphatic carbocycles. The lowest BCUT2D eigenvalue weighted by Gasteiger charge is -2.57. The fraction of sp³-hybridized carbons (Fsp3) is 0.793. The van der Waals surface area contributed by atoms with E-state index in [1.54, 1.807) is 0 Å². The number of amides is 1. The van der Waals surface area contributed by atoms with Crippen LogP contribution >= 0.6 is 0 Å². The molecule has 0 bridgehead atoms. The van der Waals surface area contributed by atoms with E-state index in [-0.39, 0.29) is 60.4 Å². The van der Waals surface area contributed by atoms with Crippen LogP contribution in [0.4, 0.5) is 0 Å². The second-order valence-electron chi connectivity index (χ2n) is 12.5. The zero-order chi connectivity index (χ0) is 26.5. The number of hydrogen-bond donors (Lipinski definition) is 1. The molecule has 1 heterocycles. The summed E-state index contributed by atoms with van der Waals surface area (Å²) in [4.78, 5) is 51.0. The molecule has 0 radical (unpaired) electrons. The number of β-amino-alcohol motifs (C(OH)–C–C–N with tert-alkyl or cyclic N) is 1. The number of ether oxygens (including phenoxy) is 2. The summed E-state index contributed by atoms with van der Waals surface area (Å²) in [5, 5.41) is 9.93. The maximum absolute atomic E-state index is 12.8. The Balaban J connectivity index is 1.19. The molecule has 4 fully saturated rings. The quantitative estimate of drug-likeness (QED) is 0.559. The first-order chi connectivity index (χ1) is 17.6. The van der Waals surface area contributed by atoms with Gasteiger partial charge in [-0.2, -0.15) is 0 Å². The second-order valence-corrected chi connectivity index (χ2v) is 12.5. The fourth-order valence-corrected chi connectivity index (χ4v) is 8.72. The Morgan fingerprint density at radius 2 is 1.84 bits per heavy atom. The van der Waals surface area contributed by atoms with Gasteiger partial charge in [-0.25, -0.2) is 4.79 Å². The lowest BCUT2D eigenvalue weighted by molar-refractivity contribution is -0.161. The van der Waals surface area contributed by atoms with Gasteiger partial charge in [0.25, 0.3) is 0 Å². The van der Waals surface area contributed by atoms with E-state index in [9.17, 15) is 24.3 Å². The highest BCUT2D eigenvalue weighted by atomic mass is 16.5. The average molecular weight is 516 g/mol. The summed E-state index contributed by atoms with van der Waals surface area (Å²) >= 11 is 0. The summed E-state index contributed by atoms with van der Waals surface area (Å²) in [6.45, 7) is 4.73. The Labute approximate surface area is 219 Å². The molecule has 0 aromatic carbocycles. The summed E-state index contributed by atoms with van der Waals surface area (Å²) in [5.74, 6) is 0.703. The number of allylic oxidation sites excluding steroid dienone is 1. The normalized spacial score (nSPS) is 40.8. The molecular weight excluding hydrogens is 474 g/mol. The Morgan fingerprint density at radius 3 is 2.59 bits per heavy atom. The van der Waals surface area contributed by atoms with Gasteiger partial charge in [-0.1, -0.05) is 19.4 Å². The van der Waals surface area contributed by atoms with E-state index >= 15 is 0 Å². The number of methoxy groups -OCH3 is 1. The van der Waals surface area contributed by atoms with Gasteiger partial charge in [0.15, 0.2) is 5.78 Å². The molecular formula is C29H41NO7. The van der Waals surface area contributed by atoms with E-state index in [2.05, 4.69) is 13.8 Å². The van der Waals surface area contributed by atoms with Crippen molar-refractivity contribution in [3.8, 4) is 0 Å². The van der Waals surface area contributed by atoms with E-state index in [1.165, 1.54) is 17.6 Å². The molecule has 8 heteroatoms. The third kappa shape index (κ3) is 4.53. The van der Waals surface area contributed by atoms with Gasteiger partial charge < -0.3 is 19.5 Å². The first-order valence-corrected chi connectivity index (χ1v) is 14.1. The van der Waals surface area contributed by atoms with Gasteiger partial charge in [0.05, 0.1) is 19.6 Å². The number of nitrogens with zero attached hydrogens (tertiary/aromatic N) is 1. The summed E-state index contributed by atoms with van der Waals surface area (Å²) in [6.07, 6.45) is 8.81. The van der Waals surface area contributed by atoms with Crippen LogP contribution in [0.25, 0.3) is 0 Å². The van der Waals surface area contributed by atoms with Crippen LogP contribution in [0.3, 0.4) is 0 Å². The van der Waals surface area contributed by atoms with Gasteiger partial charge in [-0.15, -0.1) is 0 Å². The number of likely N-dealkylation sites (tertiary alicyclic amines) is 1. The number of hydrogen-bond acceptors (Lipinski definition) is 7. The Kier molecular flexibility index (Phi) is 7.01. The number of esters is 2. The summed E-state index contributed by atoms with van der Waals surface area (Å²) in [5.41, 5.74) is 1.43. The minimum Gasteiger partial charge on any atom is -0.467 e. The van der Waals surface area contributed by atoms with Crippen molar-refractivity contribution in [2.24, 2.45) is 28.6 Å². The fourth-order valence-electron chi connectivity index (χ4n) is 8.72. The Morgan fingerprint density at radius 1 is 1.05 bits per heavy atom. The topological polar surface area (TPSA) is 110 Å². The van der Waals surface area contributed by atoms with E-state index in [0.29, 0.717) is 24.2 Å². The van der Waals surface area contributed by atoms with Crippen LogP contribution in [0.1, 0.15) is 84.5 Å². The van der Waals surface area contributed by atoms with Crippen LogP contribution in [-0.2, 0) is 28.7 Å². The maximum Gasteiger partial charge on any atom is 0.328 e. The van der Waals surface area contributed by atoms with Crippen molar-refractivity contribution in [2.45, 2.75) is 103 Å². The van der Waals surface area contributed by atoms with Crippen molar-refractivity contribution in [1.82, 2.24) is 4.90 Å². The highest BCUT2D eigenvalue weighted by Crippen LogP contribution is 2.65. The first kappa shape index (κ1) is 26.4. The standard InChI is InChI=1S/C29H41NO7/c1-28-12-10-18(31)14-17(28)4-5-20-21-6-7-24(29(21,2)13-11-22(20)28)37-26(34)9-8-25(33)30-16-19(32)15-23(30)27(35)36-3/h14,19-24,32H,4-13,15-16H2,1-3H3/t19?,20?,21?,22?,23?,24?,28-,29-/m0/s1. The summed E-state index contributed by atoms with van der Waals surface area (Å²) in [7, 11) is 1.26. The predicted octanol–water partition coefficient (Wildman–Crippen LogP) is 3.35. The number of carbonyl (C=O) groups excluding carboxylic acids is 4. The van der Waals surface area contributed by atoms with Gasteiger partial charge in [-0.05, 0) is 74.2 Å². The number of fused-ring (bicyclic) bond motifs is 5. The molecule has 37 heavy (non-hydrogen) atoms. The summed E-state index contributed by atoms with van der Waals surface area (Å²) in [6, 6.07) is -0.803. The van der Waals surface area contributed by atoms with Gasteiger partial charge in [0.1, 0.15) is 12.1 Å². The molecule has 1 amide bonds. The van der Waals surface area contributed by atoms with Crippen molar-refractivity contribution in [1.29, 1.82) is 0 Å². The molecule has 1 N–H and O–H groups in total. The van der Waals surface area contributed by atoms with Crippen molar-refractivity contribution in [3.05, 3.63) is 11.6 Å². The average Bonchev–Trinajstić information content (AvgIpc) is 3.42. The summed E-state index contributed by atoms with van der Waals surface area (Å²) < 4.78 is 10.8. The van der Waals surface area contributed by atoms with Crippen molar-refractivity contribution >= 4 is 23.6 Å². The number of carbonyl (C=O) groups is 4. The SMILES string of the molecule is COC(=O)C1CC(O)CN1C(=O)CCC(=O)OC1CCC2C3CCC4=CC(=O)CC[C@]4(C)C3CC[C@]12C. The molecule has 8 atom stereocenters. The van der Waals surface area contributed by atoms with Gasteiger partial charge in [0, 0.05) is 31.2 Å². The molecule has 5 aliphatic rings. The van der Waals surface area contributed by atoms with Crippen LogP contribution in [0.2, 0.25) is 0 Å². The minimum atomic E-state index is -0.803. The second kappa shape index (κ2) is 9.83. The minimum absolute atomic E-state index is 0.0388. The van der Waals surface area contributed by atoms with E-state index < -0.39 is 18.1 Å².